The third-order valence-corrected chi connectivity index (χ3v) is 5.47. The Hall–Kier alpha value is -4.12. The largest absolute Gasteiger partial charge is 0.480 e. The summed E-state index contributed by atoms with van der Waals surface area (Å²) in [4.78, 5) is 30.4. The minimum Gasteiger partial charge on any atom is -0.480 e. The Labute approximate surface area is 197 Å². The molecule has 8 heteroatoms. The van der Waals surface area contributed by atoms with Gasteiger partial charge in [-0.25, -0.2) is 14.6 Å². The van der Waals surface area contributed by atoms with Crippen LogP contribution in [0.2, 0.25) is 0 Å². The Morgan fingerprint density at radius 1 is 1.15 bits per heavy atom. The number of ether oxygens (including phenoxy) is 2. The number of nitrogens with zero attached hydrogens (tertiary/aromatic N) is 3. The van der Waals surface area contributed by atoms with E-state index in [2.05, 4.69) is 6.07 Å². The van der Waals surface area contributed by atoms with Gasteiger partial charge in [0.15, 0.2) is 0 Å². The van der Waals surface area contributed by atoms with Crippen LogP contribution in [0.25, 0.3) is 22.0 Å². The van der Waals surface area contributed by atoms with Crippen LogP contribution in [0.3, 0.4) is 0 Å². The van der Waals surface area contributed by atoms with Crippen molar-refractivity contribution in [1.82, 2.24) is 9.88 Å². The molecule has 2 heterocycles. The van der Waals surface area contributed by atoms with Crippen LogP contribution < -0.4 is 4.74 Å². The molecule has 0 radical (unpaired) electrons. The molecule has 1 aliphatic rings. The number of carbonyl (C=O) groups is 2. The number of aromatic nitrogens is 1. The van der Waals surface area contributed by atoms with Gasteiger partial charge >= 0.3 is 12.1 Å². The predicted octanol–water partition coefficient (Wildman–Crippen LogP) is 4.61. The molecular weight excluding hydrogens is 434 g/mol. The Bertz CT molecular complexity index is 1270. The topological polar surface area (TPSA) is 113 Å². The van der Waals surface area contributed by atoms with Gasteiger partial charge in [0.05, 0.1) is 23.9 Å². The highest BCUT2D eigenvalue weighted by Crippen LogP contribution is 2.32. The van der Waals surface area contributed by atoms with Gasteiger partial charge in [-0.05, 0) is 50.4 Å². The summed E-state index contributed by atoms with van der Waals surface area (Å²) in [6.07, 6.45) is -1.14. The number of carboxylic acid groups (broad SMARTS) is 1. The van der Waals surface area contributed by atoms with Gasteiger partial charge in [0, 0.05) is 17.4 Å². The SMILES string of the molecule is CC(C)(C)OC(=O)N1C[C@H](Oc2nc(-c3ccc(C#N)cc3)cc3ccccc23)C[C@H]1C(=O)O. The van der Waals surface area contributed by atoms with E-state index in [1.165, 1.54) is 4.90 Å². The van der Waals surface area contributed by atoms with Gasteiger partial charge in [0.25, 0.3) is 0 Å². The molecule has 34 heavy (non-hydrogen) atoms. The number of fused-ring (bicyclic) bond motifs is 1. The molecule has 2 aromatic carbocycles. The van der Waals surface area contributed by atoms with E-state index in [0.717, 1.165) is 16.3 Å². The Balaban J connectivity index is 1.65. The van der Waals surface area contributed by atoms with Gasteiger partial charge in [0.2, 0.25) is 5.88 Å². The number of pyridine rings is 1. The highest BCUT2D eigenvalue weighted by Gasteiger charge is 2.43. The average molecular weight is 460 g/mol. The maximum Gasteiger partial charge on any atom is 0.411 e. The average Bonchev–Trinajstić information content (AvgIpc) is 3.22. The molecule has 1 N–H and O–H groups in total. The summed E-state index contributed by atoms with van der Waals surface area (Å²) in [6.45, 7) is 5.27. The molecule has 1 amide bonds. The summed E-state index contributed by atoms with van der Waals surface area (Å²) < 4.78 is 11.6. The molecule has 0 saturated carbocycles. The van der Waals surface area contributed by atoms with Crippen molar-refractivity contribution in [2.24, 2.45) is 0 Å². The van der Waals surface area contributed by atoms with Crippen molar-refractivity contribution in [2.75, 3.05) is 6.54 Å². The van der Waals surface area contributed by atoms with Gasteiger partial charge in [-0.1, -0.05) is 30.3 Å². The number of amides is 1. The minimum atomic E-state index is -1.11. The second-order valence-electron chi connectivity index (χ2n) is 9.19. The first kappa shape index (κ1) is 23.1. The van der Waals surface area contributed by atoms with Crippen LogP contribution >= 0.6 is 0 Å². The molecule has 174 valence electrons. The number of aliphatic carboxylic acids is 1. The Kier molecular flexibility index (Phi) is 6.12. The molecule has 4 rings (SSSR count). The molecule has 0 bridgehead atoms. The van der Waals surface area contributed by atoms with Crippen LogP contribution in [0.1, 0.15) is 32.8 Å². The second kappa shape index (κ2) is 9.02. The zero-order valence-electron chi connectivity index (χ0n) is 19.2. The van der Waals surface area contributed by atoms with E-state index in [0.29, 0.717) is 17.1 Å². The summed E-state index contributed by atoms with van der Waals surface area (Å²) >= 11 is 0. The summed E-state index contributed by atoms with van der Waals surface area (Å²) in [6, 6.07) is 17.7. The highest BCUT2D eigenvalue weighted by atomic mass is 16.6. The fraction of sp³-hybridized carbons (Fsp3) is 0.308. The molecule has 8 nitrogen and oxygen atoms in total. The van der Waals surface area contributed by atoms with E-state index in [4.69, 9.17) is 19.7 Å². The fourth-order valence-electron chi connectivity index (χ4n) is 3.92. The number of likely N-dealkylation sites (tertiary alicyclic amines) is 1. The lowest BCUT2D eigenvalue weighted by Crippen LogP contribution is -2.43. The van der Waals surface area contributed by atoms with Crippen LogP contribution in [0.15, 0.2) is 54.6 Å². The van der Waals surface area contributed by atoms with Crippen molar-refractivity contribution < 1.29 is 24.2 Å². The van der Waals surface area contributed by atoms with Crippen LogP contribution in [-0.4, -0.2) is 51.3 Å². The van der Waals surface area contributed by atoms with Crippen molar-refractivity contribution in [1.29, 1.82) is 5.26 Å². The first-order valence-electron chi connectivity index (χ1n) is 10.9. The van der Waals surface area contributed by atoms with Crippen molar-refractivity contribution in [3.63, 3.8) is 0 Å². The lowest BCUT2D eigenvalue weighted by atomic mass is 10.1. The van der Waals surface area contributed by atoms with E-state index in [1.807, 2.05) is 42.5 Å². The molecule has 0 aliphatic carbocycles. The summed E-state index contributed by atoms with van der Waals surface area (Å²) in [5.74, 6) is -0.751. The van der Waals surface area contributed by atoms with Gasteiger partial charge in [-0.2, -0.15) is 5.26 Å². The van der Waals surface area contributed by atoms with Crippen LogP contribution in [0.4, 0.5) is 4.79 Å². The summed E-state index contributed by atoms with van der Waals surface area (Å²) in [5.41, 5.74) is 1.29. The predicted molar refractivity (Wildman–Crippen MR) is 125 cm³/mol. The van der Waals surface area contributed by atoms with Gasteiger partial charge in [-0.3, -0.25) is 4.90 Å². The number of carboxylic acids is 1. The maximum absolute atomic E-state index is 12.6. The van der Waals surface area contributed by atoms with Crippen LogP contribution in [-0.2, 0) is 9.53 Å². The van der Waals surface area contributed by atoms with Crippen molar-refractivity contribution in [3.05, 3.63) is 60.2 Å². The second-order valence-corrected chi connectivity index (χ2v) is 9.19. The van der Waals surface area contributed by atoms with Crippen molar-refractivity contribution in [3.8, 4) is 23.2 Å². The summed E-state index contributed by atoms with van der Waals surface area (Å²) in [7, 11) is 0. The lowest BCUT2D eigenvalue weighted by molar-refractivity contribution is -0.142. The zero-order chi connectivity index (χ0) is 24.5. The van der Waals surface area contributed by atoms with Gasteiger partial charge in [0.1, 0.15) is 17.7 Å². The number of nitriles is 1. The monoisotopic (exact) mass is 459 g/mol. The van der Waals surface area contributed by atoms with Crippen molar-refractivity contribution >= 4 is 22.8 Å². The Morgan fingerprint density at radius 3 is 2.50 bits per heavy atom. The van der Waals surface area contributed by atoms with E-state index in [1.54, 1.807) is 32.9 Å². The number of carbonyl (C=O) groups excluding carboxylic acids is 1. The van der Waals surface area contributed by atoms with Crippen LogP contribution in [0, 0.1) is 11.3 Å². The van der Waals surface area contributed by atoms with E-state index in [-0.39, 0.29) is 13.0 Å². The number of rotatable bonds is 4. The van der Waals surface area contributed by atoms with Gasteiger partial charge < -0.3 is 14.6 Å². The lowest BCUT2D eigenvalue weighted by Gasteiger charge is -2.26. The molecule has 3 aromatic rings. The summed E-state index contributed by atoms with van der Waals surface area (Å²) in [5, 5.41) is 20.4. The normalized spacial score (nSPS) is 17.9. The van der Waals surface area contributed by atoms with E-state index < -0.39 is 29.8 Å². The van der Waals surface area contributed by atoms with Crippen molar-refractivity contribution in [2.45, 2.75) is 44.9 Å². The molecule has 1 fully saturated rings. The van der Waals surface area contributed by atoms with E-state index in [9.17, 15) is 14.7 Å². The van der Waals surface area contributed by atoms with Crippen LogP contribution in [0.5, 0.6) is 5.88 Å². The minimum absolute atomic E-state index is 0.0724. The standard InChI is InChI=1S/C26H25N3O5/c1-26(2,3)34-25(32)29-15-19(13-22(29)24(30)31)33-23-20-7-5-4-6-18(20)12-21(28-23)17-10-8-16(14-27)9-11-17/h4-12,19,22H,13,15H2,1-3H3,(H,30,31)/t19-,22+/m1/s1. The first-order chi connectivity index (χ1) is 16.1. The quantitative estimate of drug-likeness (QED) is 0.606. The first-order valence-corrected chi connectivity index (χ1v) is 10.9. The molecule has 1 saturated heterocycles. The molecule has 1 aromatic heterocycles. The molecule has 2 atom stereocenters. The third kappa shape index (κ3) is 4.94. The molecule has 0 unspecified atom stereocenters. The van der Waals surface area contributed by atoms with E-state index >= 15 is 0 Å². The maximum atomic E-state index is 12.6. The fourth-order valence-corrected chi connectivity index (χ4v) is 3.92. The zero-order valence-corrected chi connectivity index (χ0v) is 19.2. The molecule has 0 spiro atoms. The number of benzene rings is 2. The molecule has 1 aliphatic heterocycles. The smallest absolute Gasteiger partial charge is 0.411 e. The third-order valence-electron chi connectivity index (χ3n) is 5.47. The Morgan fingerprint density at radius 2 is 1.85 bits per heavy atom. The highest BCUT2D eigenvalue weighted by molar-refractivity contribution is 5.90. The molecular formula is C26H25N3O5. The van der Waals surface area contributed by atoms with Gasteiger partial charge in [-0.15, -0.1) is 0 Å². The number of hydrogen-bond acceptors (Lipinski definition) is 6. The number of hydrogen-bond donors (Lipinski definition) is 1.